The first kappa shape index (κ1) is 15.1. The molecule has 2 aliphatic rings. The molecular weight excluding hydrogens is 276 g/mol. The van der Waals surface area contributed by atoms with E-state index in [1.165, 1.54) is 19.3 Å². The molecule has 0 aliphatic heterocycles. The van der Waals surface area contributed by atoms with Crippen molar-refractivity contribution in [1.82, 2.24) is 5.32 Å². The van der Waals surface area contributed by atoms with E-state index in [1.807, 2.05) is 0 Å². The van der Waals surface area contributed by atoms with Gasteiger partial charge in [0.1, 0.15) is 0 Å². The number of nitrogens with one attached hydrogen (secondary N) is 2. The van der Waals surface area contributed by atoms with Crippen LogP contribution in [0.4, 0.5) is 5.69 Å². The standard InChI is InChI=1S/C18H24N2O2/c1-12-4-2-3-5-16(12)20-18(22)14-8-10-15(11-9-14)19-17(21)13-6-7-13/h8-13,16H,2-7H2,1H3,(H,19,21)(H,20,22). The summed E-state index contributed by atoms with van der Waals surface area (Å²) in [7, 11) is 0. The summed E-state index contributed by atoms with van der Waals surface area (Å²) in [6, 6.07) is 7.46. The summed E-state index contributed by atoms with van der Waals surface area (Å²) in [5.41, 5.74) is 1.42. The number of rotatable bonds is 4. The lowest BCUT2D eigenvalue weighted by Gasteiger charge is -2.29. The van der Waals surface area contributed by atoms with Gasteiger partial charge in [-0.1, -0.05) is 19.8 Å². The topological polar surface area (TPSA) is 58.2 Å². The summed E-state index contributed by atoms with van der Waals surface area (Å²) in [6.07, 6.45) is 6.71. The van der Waals surface area contributed by atoms with Crippen LogP contribution in [0.15, 0.2) is 24.3 Å². The number of anilines is 1. The molecule has 2 saturated carbocycles. The number of amides is 2. The van der Waals surface area contributed by atoms with Crippen molar-refractivity contribution in [3.63, 3.8) is 0 Å². The number of benzene rings is 1. The lowest BCUT2D eigenvalue weighted by atomic mass is 9.86. The number of hydrogen-bond acceptors (Lipinski definition) is 2. The van der Waals surface area contributed by atoms with Crippen LogP contribution in [-0.2, 0) is 4.79 Å². The molecule has 1 aromatic rings. The summed E-state index contributed by atoms with van der Waals surface area (Å²) in [6.45, 7) is 2.21. The van der Waals surface area contributed by atoms with E-state index in [0.29, 0.717) is 11.5 Å². The third-order valence-corrected chi connectivity index (χ3v) is 4.79. The van der Waals surface area contributed by atoms with Gasteiger partial charge in [0.25, 0.3) is 5.91 Å². The van der Waals surface area contributed by atoms with Gasteiger partial charge in [0.05, 0.1) is 0 Å². The molecule has 2 aliphatic carbocycles. The summed E-state index contributed by atoms with van der Waals surface area (Å²) in [5.74, 6) is 0.817. The fourth-order valence-electron chi connectivity index (χ4n) is 3.08. The Hall–Kier alpha value is -1.84. The van der Waals surface area contributed by atoms with Crippen molar-refractivity contribution in [3.05, 3.63) is 29.8 Å². The molecule has 0 bridgehead atoms. The van der Waals surface area contributed by atoms with E-state index in [-0.39, 0.29) is 23.8 Å². The second-order valence-corrected chi connectivity index (χ2v) is 6.68. The van der Waals surface area contributed by atoms with Gasteiger partial charge in [0.15, 0.2) is 0 Å². The molecule has 118 valence electrons. The van der Waals surface area contributed by atoms with E-state index < -0.39 is 0 Å². The highest BCUT2D eigenvalue weighted by molar-refractivity contribution is 5.96. The zero-order valence-corrected chi connectivity index (χ0v) is 13.1. The molecule has 2 atom stereocenters. The summed E-state index contributed by atoms with van der Waals surface area (Å²) in [4.78, 5) is 24.0. The molecule has 1 aromatic carbocycles. The van der Waals surface area contributed by atoms with Crippen molar-refractivity contribution in [1.29, 1.82) is 0 Å². The lowest BCUT2D eigenvalue weighted by molar-refractivity contribution is -0.117. The highest BCUT2D eigenvalue weighted by atomic mass is 16.2. The van der Waals surface area contributed by atoms with Crippen molar-refractivity contribution in [2.24, 2.45) is 11.8 Å². The minimum atomic E-state index is -0.0150. The van der Waals surface area contributed by atoms with Crippen molar-refractivity contribution < 1.29 is 9.59 Å². The van der Waals surface area contributed by atoms with Crippen LogP contribution in [0.1, 0.15) is 55.8 Å². The normalized spacial score (nSPS) is 24.6. The van der Waals surface area contributed by atoms with Crippen molar-refractivity contribution in [2.45, 2.75) is 51.5 Å². The Balaban J connectivity index is 1.57. The Morgan fingerprint density at radius 1 is 1.00 bits per heavy atom. The Labute approximate surface area is 131 Å². The first-order valence-corrected chi connectivity index (χ1v) is 8.35. The van der Waals surface area contributed by atoms with E-state index in [1.54, 1.807) is 24.3 Å². The third-order valence-electron chi connectivity index (χ3n) is 4.79. The summed E-state index contributed by atoms with van der Waals surface area (Å²) < 4.78 is 0. The van der Waals surface area contributed by atoms with Gasteiger partial charge in [0, 0.05) is 23.2 Å². The van der Waals surface area contributed by atoms with Gasteiger partial charge in [-0.25, -0.2) is 0 Å². The van der Waals surface area contributed by atoms with Crippen LogP contribution in [0.3, 0.4) is 0 Å². The SMILES string of the molecule is CC1CCCCC1NC(=O)c1ccc(NC(=O)C2CC2)cc1. The van der Waals surface area contributed by atoms with Crippen LogP contribution in [0.5, 0.6) is 0 Å². The molecule has 0 heterocycles. The molecule has 0 radical (unpaired) electrons. The minimum Gasteiger partial charge on any atom is -0.349 e. The van der Waals surface area contributed by atoms with E-state index in [4.69, 9.17) is 0 Å². The minimum absolute atomic E-state index is 0.0150. The van der Waals surface area contributed by atoms with Crippen LogP contribution in [0.2, 0.25) is 0 Å². The molecule has 0 spiro atoms. The van der Waals surface area contributed by atoms with Gasteiger partial charge in [-0.2, -0.15) is 0 Å². The first-order chi connectivity index (χ1) is 10.6. The van der Waals surface area contributed by atoms with Gasteiger partial charge in [-0.15, -0.1) is 0 Å². The molecule has 22 heavy (non-hydrogen) atoms. The fourth-order valence-corrected chi connectivity index (χ4v) is 3.08. The predicted octanol–water partition coefficient (Wildman–Crippen LogP) is 3.34. The molecule has 2 N–H and O–H groups in total. The molecule has 3 rings (SSSR count). The Morgan fingerprint density at radius 2 is 1.68 bits per heavy atom. The van der Waals surface area contributed by atoms with Crippen molar-refractivity contribution in [3.8, 4) is 0 Å². The molecule has 0 saturated heterocycles. The van der Waals surface area contributed by atoms with Gasteiger partial charge in [-0.3, -0.25) is 9.59 Å². The highest BCUT2D eigenvalue weighted by Gasteiger charge is 2.29. The van der Waals surface area contributed by atoms with Crippen LogP contribution in [0.25, 0.3) is 0 Å². The van der Waals surface area contributed by atoms with Gasteiger partial charge < -0.3 is 10.6 Å². The first-order valence-electron chi connectivity index (χ1n) is 8.35. The molecule has 2 amide bonds. The molecule has 4 nitrogen and oxygen atoms in total. The number of carbonyl (C=O) groups is 2. The Kier molecular flexibility index (Phi) is 4.46. The molecular formula is C18H24N2O2. The van der Waals surface area contributed by atoms with Crippen LogP contribution in [-0.4, -0.2) is 17.9 Å². The Bertz CT molecular complexity index is 549. The lowest BCUT2D eigenvalue weighted by Crippen LogP contribution is -2.41. The van der Waals surface area contributed by atoms with E-state index in [0.717, 1.165) is 24.9 Å². The highest BCUT2D eigenvalue weighted by Crippen LogP contribution is 2.30. The van der Waals surface area contributed by atoms with E-state index >= 15 is 0 Å². The van der Waals surface area contributed by atoms with Crippen LogP contribution >= 0.6 is 0 Å². The fraction of sp³-hybridized carbons (Fsp3) is 0.556. The average Bonchev–Trinajstić information content (AvgIpc) is 3.35. The van der Waals surface area contributed by atoms with Crippen LogP contribution in [0, 0.1) is 11.8 Å². The zero-order valence-electron chi connectivity index (χ0n) is 13.1. The van der Waals surface area contributed by atoms with E-state index in [9.17, 15) is 9.59 Å². The number of carbonyl (C=O) groups excluding carboxylic acids is 2. The zero-order chi connectivity index (χ0) is 15.5. The second kappa shape index (κ2) is 6.51. The molecule has 2 unspecified atom stereocenters. The van der Waals surface area contributed by atoms with Crippen LogP contribution < -0.4 is 10.6 Å². The molecule has 0 aromatic heterocycles. The quantitative estimate of drug-likeness (QED) is 0.896. The third kappa shape index (κ3) is 3.67. The molecule has 2 fully saturated rings. The maximum Gasteiger partial charge on any atom is 0.251 e. The second-order valence-electron chi connectivity index (χ2n) is 6.68. The average molecular weight is 300 g/mol. The largest absolute Gasteiger partial charge is 0.349 e. The monoisotopic (exact) mass is 300 g/mol. The molecule has 4 heteroatoms. The van der Waals surface area contributed by atoms with Gasteiger partial charge >= 0.3 is 0 Å². The summed E-state index contributed by atoms with van der Waals surface area (Å²) >= 11 is 0. The van der Waals surface area contributed by atoms with E-state index in [2.05, 4.69) is 17.6 Å². The van der Waals surface area contributed by atoms with Crippen molar-refractivity contribution >= 4 is 17.5 Å². The summed E-state index contributed by atoms with van der Waals surface area (Å²) in [5, 5.41) is 6.03. The maximum atomic E-state index is 12.3. The van der Waals surface area contributed by atoms with Crippen molar-refractivity contribution in [2.75, 3.05) is 5.32 Å². The predicted molar refractivity (Wildman–Crippen MR) is 86.7 cm³/mol. The smallest absolute Gasteiger partial charge is 0.251 e. The number of hydrogen-bond donors (Lipinski definition) is 2. The van der Waals surface area contributed by atoms with Gasteiger partial charge in [0.2, 0.25) is 5.91 Å². The maximum absolute atomic E-state index is 12.3. The van der Waals surface area contributed by atoms with Gasteiger partial charge in [-0.05, 0) is 55.9 Å². The Morgan fingerprint density at radius 3 is 2.32 bits per heavy atom.